The molecule has 43 heavy (non-hydrogen) atoms. The summed E-state index contributed by atoms with van der Waals surface area (Å²) in [6.07, 6.45) is 1.31. The summed E-state index contributed by atoms with van der Waals surface area (Å²) >= 11 is 0. The number of primary amides is 2. The van der Waals surface area contributed by atoms with Gasteiger partial charge in [0.25, 0.3) is 5.91 Å². The van der Waals surface area contributed by atoms with E-state index in [9.17, 15) is 28.8 Å². The van der Waals surface area contributed by atoms with E-state index >= 15 is 0 Å². The molecule has 1 aromatic rings. The second-order valence-corrected chi connectivity index (χ2v) is 11.1. The van der Waals surface area contributed by atoms with Gasteiger partial charge in [-0.05, 0) is 94.2 Å². The molecule has 8 N–H and O–H groups in total. The molecule has 0 heterocycles. The number of nitrogens with one attached hydrogen (secondary N) is 4. The lowest BCUT2D eigenvalue weighted by Gasteiger charge is -2.38. The number of carbonyl (C=O) groups excluding carboxylic acids is 6. The highest BCUT2D eigenvalue weighted by Gasteiger charge is 2.48. The molecule has 1 atom stereocenters. The molecule has 14 nitrogen and oxygen atoms in total. The predicted molar refractivity (Wildman–Crippen MR) is 154 cm³/mol. The van der Waals surface area contributed by atoms with Crippen LogP contribution in [0.3, 0.4) is 0 Å². The van der Waals surface area contributed by atoms with E-state index in [1.807, 2.05) is 5.32 Å². The van der Waals surface area contributed by atoms with Crippen LogP contribution in [0.5, 0.6) is 0 Å². The van der Waals surface area contributed by atoms with E-state index in [1.165, 1.54) is 6.07 Å². The van der Waals surface area contributed by atoms with Gasteiger partial charge in [-0.3, -0.25) is 19.8 Å². The molecule has 0 aromatic heterocycles. The number of amides is 7. The molecular weight excluding hydrogens is 560 g/mol. The third kappa shape index (κ3) is 7.90. The molecule has 0 saturated heterocycles. The Morgan fingerprint density at radius 2 is 1.65 bits per heavy atom. The third-order valence-electron chi connectivity index (χ3n) is 7.06. The first-order chi connectivity index (χ1) is 20.2. The van der Waals surface area contributed by atoms with Crippen LogP contribution in [0.15, 0.2) is 41.0 Å². The van der Waals surface area contributed by atoms with Gasteiger partial charge >= 0.3 is 18.2 Å². The third-order valence-corrected chi connectivity index (χ3v) is 7.06. The molecule has 0 saturated carbocycles. The quantitative estimate of drug-likeness (QED) is 0.254. The average molecular weight is 599 g/mol. The zero-order valence-corrected chi connectivity index (χ0v) is 24.7. The van der Waals surface area contributed by atoms with Crippen molar-refractivity contribution in [2.75, 3.05) is 13.2 Å². The zero-order chi connectivity index (χ0) is 31.9. The van der Waals surface area contributed by atoms with Gasteiger partial charge in [-0.15, -0.1) is 0 Å². The number of aryl methyl sites for hydroxylation is 1. The number of rotatable bonds is 7. The highest BCUT2D eigenvalue weighted by Crippen LogP contribution is 2.47. The van der Waals surface area contributed by atoms with Crippen LogP contribution in [0, 0.1) is 0 Å². The second kappa shape index (κ2) is 13.4. The minimum atomic E-state index is -1.51. The topological polar surface area (TPSA) is 221 Å². The van der Waals surface area contributed by atoms with Gasteiger partial charge in [-0.1, -0.05) is 12.1 Å². The van der Waals surface area contributed by atoms with Crippen LogP contribution in [0.4, 0.5) is 14.4 Å². The Morgan fingerprint density at radius 1 is 0.930 bits per heavy atom. The first-order valence-corrected chi connectivity index (χ1v) is 13.8. The van der Waals surface area contributed by atoms with Crippen LogP contribution in [0.2, 0.25) is 0 Å². The Bertz CT molecular complexity index is 1390. The summed E-state index contributed by atoms with van der Waals surface area (Å²) in [6, 6.07) is 3.70. The van der Waals surface area contributed by atoms with E-state index in [4.69, 9.17) is 20.9 Å². The van der Waals surface area contributed by atoms with Gasteiger partial charge in [0.05, 0.1) is 12.0 Å². The molecule has 0 fully saturated rings. The molecule has 3 rings (SSSR count). The van der Waals surface area contributed by atoms with Gasteiger partial charge in [0.15, 0.2) is 0 Å². The summed E-state index contributed by atoms with van der Waals surface area (Å²) in [7, 11) is 0. The van der Waals surface area contributed by atoms with Crippen LogP contribution >= 0.6 is 0 Å². The van der Waals surface area contributed by atoms with Crippen molar-refractivity contribution in [1.29, 1.82) is 0 Å². The highest BCUT2D eigenvalue weighted by molar-refractivity contribution is 5.98. The van der Waals surface area contributed by atoms with Crippen LogP contribution in [-0.2, 0) is 30.9 Å². The number of allylic oxidation sites excluding steroid dienone is 2. The summed E-state index contributed by atoms with van der Waals surface area (Å²) in [6.45, 7) is 6.71. The van der Waals surface area contributed by atoms with Crippen molar-refractivity contribution in [3.05, 3.63) is 57.7 Å². The molecule has 7 amide bonds. The Hall–Kier alpha value is -4.88. The summed E-state index contributed by atoms with van der Waals surface area (Å²) < 4.78 is 10.0. The molecule has 1 aromatic carbocycles. The number of alkyl carbamates (subject to hydrolysis) is 2. The summed E-state index contributed by atoms with van der Waals surface area (Å²) in [5.74, 6) is -1.92. The number of imide groups is 1. The fourth-order valence-corrected chi connectivity index (χ4v) is 5.33. The van der Waals surface area contributed by atoms with E-state index in [-0.39, 0.29) is 38.0 Å². The molecule has 2 aliphatic carbocycles. The normalized spacial score (nSPS) is 17.6. The lowest BCUT2D eigenvalue weighted by Crippen LogP contribution is -2.56. The van der Waals surface area contributed by atoms with Gasteiger partial charge < -0.3 is 26.3 Å². The van der Waals surface area contributed by atoms with Crippen molar-refractivity contribution in [3.8, 4) is 0 Å². The molecule has 0 spiro atoms. The van der Waals surface area contributed by atoms with Crippen molar-refractivity contribution in [2.24, 2.45) is 11.5 Å². The van der Waals surface area contributed by atoms with Crippen molar-refractivity contribution >= 4 is 35.9 Å². The molecule has 0 bridgehead atoms. The minimum absolute atomic E-state index is 0.000742. The molecule has 0 radical (unpaired) electrons. The van der Waals surface area contributed by atoms with Crippen molar-refractivity contribution in [3.63, 3.8) is 0 Å². The number of fused-ring (bicyclic) bond motifs is 1. The maximum absolute atomic E-state index is 14.3. The number of hydrogen-bond donors (Lipinski definition) is 6. The number of carbonyl (C=O) groups is 6. The Labute approximate surface area is 248 Å². The number of benzene rings is 1. The first kappa shape index (κ1) is 32.6. The lowest BCUT2D eigenvalue weighted by molar-refractivity contribution is -0.126. The van der Waals surface area contributed by atoms with E-state index < -0.39 is 47.0 Å². The Kier molecular flexibility index (Phi) is 10.2. The lowest BCUT2D eigenvalue weighted by atomic mass is 9.66. The van der Waals surface area contributed by atoms with Crippen molar-refractivity contribution < 1.29 is 38.2 Å². The van der Waals surface area contributed by atoms with Gasteiger partial charge in [0, 0.05) is 17.7 Å². The van der Waals surface area contributed by atoms with Crippen molar-refractivity contribution in [1.82, 2.24) is 21.5 Å². The van der Waals surface area contributed by atoms with Crippen LogP contribution < -0.4 is 33.0 Å². The monoisotopic (exact) mass is 598 g/mol. The highest BCUT2D eigenvalue weighted by atomic mass is 16.6. The largest absolute Gasteiger partial charge is 0.450 e. The van der Waals surface area contributed by atoms with E-state index in [0.717, 1.165) is 0 Å². The maximum Gasteiger partial charge on any atom is 0.415 e. The smallest absolute Gasteiger partial charge is 0.415 e. The maximum atomic E-state index is 14.3. The summed E-state index contributed by atoms with van der Waals surface area (Å²) in [5, 5.41) is 4.62. The standard InChI is InChI=1S/C29H38N6O8/c1-5-42-27(41)33-25(39)35-34-24(38)29(12-13-32-26(40)43-28(2,3)4)20-10-8-18(22(30)36)14-16(20)6-7-17-15-19(23(31)37)9-11-21(17)29/h8,10,14-15H,5-7,9,11-13H2,1-4H3,(H2,30,36)(H2,31,37)(H,32,40)(H,34,38)(H2,33,35,39,41). The Balaban J connectivity index is 2.12. The van der Waals surface area contributed by atoms with Crippen molar-refractivity contribution in [2.45, 2.75) is 70.8 Å². The van der Waals surface area contributed by atoms with Gasteiger partial charge in [0.2, 0.25) is 11.8 Å². The number of urea groups is 1. The summed E-state index contributed by atoms with van der Waals surface area (Å²) in [5.41, 5.74) is 16.6. The van der Waals surface area contributed by atoms with Crippen LogP contribution in [0.1, 0.15) is 74.9 Å². The van der Waals surface area contributed by atoms with Crippen LogP contribution in [-0.4, -0.2) is 54.7 Å². The molecule has 2 aliphatic rings. The fourth-order valence-electron chi connectivity index (χ4n) is 5.33. The molecule has 14 heteroatoms. The zero-order valence-electron chi connectivity index (χ0n) is 24.7. The minimum Gasteiger partial charge on any atom is -0.450 e. The molecule has 0 aliphatic heterocycles. The SMILES string of the molecule is CCOC(=O)NC(=O)NNC(=O)C1(CCNC(=O)OC(C)(C)C)C2=C(C=C(C(N)=O)CC2)CCc2cc(C(N)=O)ccc21. The van der Waals surface area contributed by atoms with Crippen LogP contribution in [0.25, 0.3) is 0 Å². The molecule has 1 unspecified atom stereocenters. The number of hydrogen-bond acceptors (Lipinski definition) is 8. The van der Waals surface area contributed by atoms with E-state index in [2.05, 4.69) is 16.2 Å². The summed E-state index contributed by atoms with van der Waals surface area (Å²) in [4.78, 5) is 74.9. The first-order valence-electron chi connectivity index (χ1n) is 13.8. The van der Waals surface area contributed by atoms with Gasteiger partial charge in [-0.2, -0.15) is 0 Å². The molecule has 232 valence electrons. The average Bonchev–Trinajstić information content (AvgIpc) is 3.05. The van der Waals surface area contributed by atoms with E-state index in [1.54, 1.807) is 45.9 Å². The second-order valence-electron chi connectivity index (χ2n) is 11.1. The number of ether oxygens (including phenoxy) is 2. The van der Waals surface area contributed by atoms with E-state index in [0.29, 0.717) is 40.7 Å². The Morgan fingerprint density at radius 3 is 2.28 bits per heavy atom. The van der Waals surface area contributed by atoms with Gasteiger partial charge in [-0.25, -0.2) is 25.1 Å². The predicted octanol–water partition coefficient (Wildman–Crippen LogP) is 1.87. The number of nitrogens with two attached hydrogens (primary N) is 2. The number of hydrazine groups is 1. The fraction of sp³-hybridized carbons (Fsp3) is 0.448. The molecular formula is C29H38N6O8. The van der Waals surface area contributed by atoms with Gasteiger partial charge in [0.1, 0.15) is 5.60 Å².